The number of rotatable bonds is 3. The molecule has 11 heteroatoms. The number of aromatic hydroxyl groups is 1. The van der Waals surface area contributed by atoms with Crippen molar-refractivity contribution in [2.75, 3.05) is 13.2 Å². The summed E-state index contributed by atoms with van der Waals surface area (Å²) in [6, 6.07) is 0. The zero-order valence-corrected chi connectivity index (χ0v) is 14.3. The minimum Gasteiger partial charge on any atom is -0.503 e. The third-order valence-electron chi connectivity index (χ3n) is 4.69. The summed E-state index contributed by atoms with van der Waals surface area (Å²) in [5.41, 5.74) is -2.16. The molecule has 1 saturated heterocycles. The van der Waals surface area contributed by atoms with Crippen molar-refractivity contribution in [2.24, 2.45) is 0 Å². The monoisotopic (exact) mass is 392 g/mol. The second-order valence-electron chi connectivity index (χ2n) is 6.31. The average Bonchev–Trinajstić information content (AvgIpc) is 3.13. The van der Waals surface area contributed by atoms with Crippen LogP contribution in [0.25, 0.3) is 0 Å². The maximum atomic E-state index is 13.6. The zero-order valence-electron chi connectivity index (χ0n) is 14.3. The van der Waals surface area contributed by atoms with Crippen molar-refractivity contribution in [1.29, 1.82) is 0 Å². The molecule has 4 heterocycles. The number of fused-ring (bicyclic) bond motifs is 2. The van der Waals surface area contributed by atoms with Crippen molar-refractivity contribution >= 4 is 11.8 Å². The van der Waals surface area contributed by atoms with Crippen LogP contribution in [-0.2, 0) is 17.8 Å². The fourth-order valence-electron chi connectivity index (χ4n) is 3.26. The van der Waals surface area contributed by atoms with Gasteiger partial charge >= 0.3 is 0 Å². The predicted octanol–water partition coefficient (Wildman–Crippen LogP) is -0.0308. The smallest absolute Gasteiger partial charge is 0.276 e. The molecule has 2 N–H and O–H groups in total. The van der Waals surface area contributed by atoms with E-state index in [1.165, 1.54) is 9.47 Å². The van der Waals surface area contributed by atoms with Gasteiger partial charge in [-0.1, -0.05) is 0 Å². The van der Waals surface area contributed by atoms with E-state index in [0.717, 1.165) is 18.6 Å². The van der Waals surface area contributed by atoms with Crippen molar-refractivity contribution in [3.05, 3.63) is 57.3 Å². The molecule has 1 unspecified atom stereocenters. The highest BCUT2D eigenvalue weighted by atomic mass is 19.1. The standard InChI is InChI=1S/C17H14F2N4O5/c18-10-4-20-5-11(19)8(10)3-21-16(26)9-6-22-7-12-23(1-2-28-12)17(27)13(22)15(25)14(9)24/h4-6,12,25H,1-3,7H2,(H,21,26). The quantitative estimate of drug-likeness (QED) is 0.758. The first-order valence-corrected chi connectivity index (χ1v) is 8.33. The number of amides is 2. The van der Waals surface area contributed by atoms with Crippen molar-refractivity contribution in [3.8, 4) is 5.75 Å². The summed E-state index contributed by atoms with van der Waals surface area (Å²) >= 11 is 0. The van der Waals surface area contributed by atoms with Crippen molar-refractivity contribution < 1.29 is 28.2 Å². The van der Waals surface area contributed by atoms with Gasteiger partial charge in [-0.3, -0.25) is 19.4 Å². The van der Waals surface area contributed by atoms with Crippen LogP contribution in [0.3, 0.4) is 0 Å². The Balaban J connectivity index is 1.64. The van der Waals surface area contributed by atoms with Crippen LogP contribution in [0.4, 0.5) is 8.78 Å². The molecule has 28 heavy (non-hydrogen) atoms. The molecule has 0 aromatic carbocycles. The van der Waals surface area contributed by atoms with Gasteiger partial charge < -0.3 is 24.6 Å². The molecule has 1 fully saturated rings. The van der Waals surface area contributed by atoms with E-state index in [4.69, 9.17) is 4.74 Å². The summed E-state index contributed by atoms with van der Waals surface area (Å²) < 4.78 is 33.9. The number of nitrogens with zero attached hydrogens (tertiary/aromatic N) is 3. The predicted molar refractivity (Wildman–Crippen MR) is 88.5 cm³/mol. The third-order valence-corrected chi connectivity index (χ3v) is 4.69. The van der Waals surface area contributed by atoms with E-state index in [0.29, 0.717) is 13.2 Å². The Morgan fingerprint density at radius 1 is 1.32 bits per heavy atom. The number of carbonyl (C=O) groups is 2. The largest absolute Gasteiger partial charge is 0.503 e. The van der Waals surface area contributed by atoms with Crippen LogP contribution < -0.4 is 10.7 Å². The minimum absolute atomic E-state index is 0.128. The number of pyridine rings is 2. The van der Waals surface area contributed by atoms with E-state index in [2.05, 4.69) is 10.3 Å². The van der Waals surface area contributed by atoms with Gasteiger partial charge in [-0.2, -0.15) is 0 Å². The second kappa shape index (κ2) is 6.68. The molecule has 0 spiro atoms. The fraction of sp³-hybridized carbons (Fsp3) is 0.294. The maximum Gasteiger partial charge on any atom is 0.276 e. The molecular formula is C17H14F2N4O5. The lowest BCUT2D eigenvalue weighted by Gasteiger charge is -2.31. The van der Waals surface area contributed by atoms with Gasteiger partial charge in [-0.25, -0.2) is 8.78 Å². The fourth-order valence-corrected chi connectivity index (χ4v) is 3.26. The van der Waals surface area contributed by atoms with Gasteiger partial charge in [0.25, 0.3) is 11.8 Å². The summed E-state index contributed by atoms with van der Waals surface area (Å²) in [5, 5.41) is 12.4. The van der Waals surface area contributed by atoms with E-state index in [1.54, 1.807) is 0 Å². The SMILES string of the molecule is O=C(NCc1c(F)cncc1F)c1cn2c(c(O)c1=O)C(=O)N1CCOC1C2. The average molecular weight is 392 g/mol. The van der Waals surface area contributed by atoms with Crippen LogP contribution in [0.15, 0.2) is 23.4 Å². The van der Waals surface area contributed by atoms with Gasteiger partial charge in [-0.15, -0.1) is 0 Å². The van der Waals surface area contributed by atoms with Crippen molar-refractivity contribution in [3.63, 3.8) is 0 Å². The number of aromatic nitrogens is 2. The summed E-state index contributed by atoms with van der Waals surface area (Å²) in [5.74, 6) is -4.28. The molecule has 4 rings (SSSR count). The first-order chi connectivity index (χ1) is 13.4. The Morgan fingerprint density at radius 3 is 2.75 bits per heavy atom. The lowest BCUT2D eigenvalue weighted by Crippen LogP contribution is -2.46. The van der Waals surface area contributed by atoms with Crippen LogP contribution in [0, 0.1) is 11.6 Å². The van der Waals surface area contributed by atoms with E-state index >= 15 is 0 Å². The number of nitrogens with one attached hydrogen (secondary N) is 1. The summed E-state index contributed by atoms with van der Waals surface area (Å²) in [6.45, 7) is 0.261. The molecule has 9 nitrogen and oxygen atoms in total. The Bertz CT molecular complexity index is 1030. The zero-order chi connectivity index (χ0) is 20.0. The van der Waals surface area contributed by atoms with Gasteiger partial charge in [0, 0.05) is 24.8 Å². The Hall–Kier alpha value is -3.34. The molecule has 2 aliphatic heterocycles. The van der Waals surface area contributed by atoms with Crippen molar-refractivity contribution in [1.82, 2.24) is 19.8 Å². The van der Waals surface area contributed by atoms with Gasteiger partial charge in [0.05, 0.1) is 25.5 Å². The maximum absolute atomic E-state index is 13.6. The molecule has 0 aliphatic carbocycles. The molecule has 146 valence electrons. The number of hydrogen-bond donors (Lipinski definition) is 2. The molecule has 0 radical (unpaired) electrons. The van der Waals surface area contributed by atoms with E-state index in [1.807, 2.05) is 0 Å². The van der Waals surface area contributed by atoms with Crippen LogP contribution in [0.5, 0.6) is 5.75 Å². The first kappa shape index (κ1) is 18.0. The summed E-state index contributed by atoms with van der Waals surface area (Å²) in [4.78, 5) is 42.0. The Kier molecular flexibility index (Phi) is 4.30. The number of hydrogen-bond acceptors (Lipinski definition) is 6. The molecule has 2 aliphatic rings. The van der Waals surface area contributed by atoms with Crippen LogP contribution >= 0.6 is 0 Å². The molecular weight excluding hydrogens is 378 g/mol. The van der Waals surface area contributed by atoms with Gasteiger partial charge in [0.15, 0.2) is 17.7 Å². The third kappa shape index (κ3) is 2.80. The van der Waals surface area contributed by atoms with Gasteiger partial charge in [0.2, 0.25) is 5.43 Å². The minimum atomic E-state index is -1.05. The van der Waals surface area contributed by atoms with Crippen LogP contribution in [0.1, 0.15) is 26.4 Å². The lowest BCUT2D eigenvalue weighted by atomic mass is 10.1. The highest BCUT2D eigenvalue weighted by Crippen LogP contribution is 2.26. The molecule has 2 aromatic heterocycles. The van der Waals surface area contributed by atoms with E-state index in [-0.39, 0.29) is 12.2 Å². The second-order valence-corrected chi connectivity index (χ2v) is 6.31. The van der Waals surface area contributed by atoms with E-state index in [9.17, 15) is 28.3 Å². The van der Waals surface area contributed by atoms with Gasteiger partial charge in [0.1, 0.15) is 17.2 Å². The Labute approximate surface area is 156 Å². The normalized spacial score (nSPS) is 18.0. The topological polar surface area (TPSA) is 114 Å². The molecule has 1 atom stereocenters. The van der Waals surface area contributed by atoms with Gasteiger partial charge in [-0.05, 0) is 0 Å². The molecule has 2 amide bonds. The number of carbonyl (C=O) groups excluding carboxylic acids is 2. The summed E-state index contributed by atoms with van der Waals surface area (Å²) in [6.07, 6.45) is 2.16. The molecule has 2 aromatic rings. The van der Waals surface area contributed by atoms with Crippen LogP contribution in [-0.4, -0.2) is 50.8 Å². The molecule has 0 saturated carbocycles. The number of ether oxygens (including phenoxy) is 1. The number of halogens is 2. The Morgan fingerprint density at radius 2 is 2.04 bits per heavy atom. The van der Waals surface area contributed by atoms with Crippen LogP contribution in [0.2, 0.25) is 0 Å². The first-order valence-electron chi connectivity index (χ1n) is 8.33. The lowest BCUT2D eigenvalue weighted by molar-refractivity contribution is 0.00845. The van der Waals surface area contributed by atoms with E-state index < -0.39 is 58.5 Å². The summed E-state index contributed by atoms with van der Waals surface area (Å²) in [7, 11) is 0. The highest BCUT2D eigenvalue weighted by Gasteiger charge is 2.39. The molecule has 0 bridgehead atoms. The van der Waals surface area contributed by atoms with Crippen molar-refractivity contribution in [2.45, 2.75) is 19.3 Å². The highest BCUT2D eigenvalue weighted by molar-refractivity contribution is 5.99.